The summed E-state index contributed by atoms with van der Waals surface area (Å²) in [6, 6.07) is 3.41. The molecule has 0 aliphatic carbocycles. The fourth-order valence-corrected chi connectivity index (χ4v) is 1.26. The summed E-state index contributed by atoms with van der Waals surface area (Å²) in [6.45, 7) is 3.52. The number of aliphatic hydroxyl groups excluding tert-OH is 1. The van der Waals surface area contributed by atoms with Crippen LogP contribution in [0.5, 0.6) is 11.5 Å². The third kappa shape index (κ3) is 1.80. The van der Waals surface area contributed by atoms with Crippen LogP contribution >= 0.6 is 0 Å². The highest BCUT2D eigenvalue weighted by Crippen LogP contribution is 2.37. The molecule has 0 aliphatic rings. The van der Waals surface area contributed by atoms with Gasteiger partial charge in [0.25, 0.3) is 0 Å². The van der Waals surface area contributed by atoms with Crippen molar-refractivity contribution in [3.8, 4) is 11.5 Å². The lowest BCUT2D eigenvalue weighted by molar-refractivity contribution is 0.399. The summed E-state index contributed by atoms with van der Waals surface area (Å²) in [5, 5.41) is 26.6. The Balaban J connectivity index is 0.000000531. The van der Waals surface area contributed by atoms with Gasteiger partial charge in [0.2, 0.25) is 5.75 Å². The number of aliphatic hydroxyl groups is 1. The average molecular weight is 208 g/mol. The van der Waals surface area contributed by atoms with E-state index in [4.69, 9.17) is 9.52 Å². The molecule has 0 unspecified atom stereocenters. The van der Waals surface area contributed by atoms with Crippen LogP contribution in [0.1, 0.15) is 5.56 Å². The molecule has 0 radical (unpaired) electrons. The number of aromatic hydroxyl groups is 2. The van der Waals surface area contributed by atoms with Gasteiger partial charge in [-0.2, -0.15) is 0 Å². The second-order valence-corrected chi connectivity index (χ2v) is 2.71. The van der Waals surface area contributed by atoms with Gasteiger partial charge in [0.1, 0.15) is 0 Å². The molecule has 0 spiro atoms. The molecule has 0 atom stereocenters. The Bertz CT molecular complexity index is 471. The molecule has 2 rings (SSSR count). The maximum atomic E-state index is 9.47. The van der Waals surface area contributed by atoms with Crippen LogP contribution in [-0.2, 0) is 0 Å². The predicted molar refractivity (Wildman–Crippen MR) is 57.8 cm³/mol. The maximum Gasteiger partial charge on any atom is 0.202 e. The molecule has 1 aromatic heterocycles. The zero-order valence-corrected chi connectivity index (χ0v) is 8.27. The van der Waals surface area contributed by atoms with E-state index in [-0.39, 0.29) is 11.5 Å². The number of benzene rings is 1. The maximum absolute atomic E-state index is 9.47. The van der Waals surface area contributed by atoms with Crippen molar-refractivity contribution in [3.05, 3.63) is 30.5 Å². The summed E-state index contributed by atoms with van der Waals surface area (Å²) < 4.78 is 4.98. The van der Waals surface area contributed by atoms with Crippen molar-refractivity contribution in [3.63, 3.8) is 0 Å². The monoisotopic (exact) mass is 208 g/mol. The molecular formula is C11H12O4. The Labute approximate surface area is 86.7 Å². The average Bonchev–Trinajstić information content (AvgIpc) is 2.74. The topological polar surface area (TPSA) is 73.8 Å². The van der Waals surface area contributed by atoms with Crippen molar-refractivity contribution in [1.82, 2.24) is 0 Å². The lowest BCUT2D eigenvalue weighted by Crippen LogP contribution is -1.76. The van der Waals surface area contributed by atoms with Crippen LogP contribution in [0, 0.1) is 0 Å². The smallest absolute Gasteiger partial charge is 0.202 e. The molecule has 0 saturated heterocycles. The molecule has 0 fully saturated rings. The first-order valence-corrected chi connectivity index (χ1v) is 4.23. The molecule has 0 saturated carbocycles. The molecule has 1 heterocycles. The van der Waals surface area contributed by atoms with Crippen LogP contribution in [0.3, 0.4) is 0 Å². The fraction of sp³-hybridized carbons (Fsp3) is 0.0909. The van der Waals surface area contributed by atoms with Crippen molar-refractivity contribution in [2.45, 2.75) is 0 Å². The number of phenols is 2. The van der Waals surface area contributed by atoms with E-state index >= 15 is 0 Å². The van der Waals surface area contributed by atoms with E-state index in [2.05, 4.69) is 6.58 Å². The second kappa shape index (κ2) is 4.52. The Morgan fingerprint density at radius 1 is 1.27 bits per heavy atom. The van der Waals surface area contributed by atoms with Crippen molar-refractivity contribution in [2.24, 2.45) is 0 Å². The molecule has 0 amide bonds. The Morgan fingerprint density at radius 2 is 1.93 bits per heavy atom. The standard InChI is InChI=1S/C10H8O3.CH4O/c1-2-6-5-7-3-4-13-10(7)9(12)8(6)11;1-2/h2-5,11-12H,1H2;2H,1H3. The van der Waals surface area contributed by atoms with Crippen molar-refractivity contribution < 1.29 is 19.7 Å². The molecule has 0 bridgehead atoms. The van der Waals surface area contributed by atoms with Crippen molar-refractivity contribution in [1.29, 1.82) is 0 Å². The minimum Gasteiger partial charge on any atom is -0.504 e. The second-order valence-electron chi connectivity index (χ2n) is 2.71. The van der Waals surface area contributed by atoms with Crippen LogP contribution in [0.15, 0.2) is 29.4 Å². The normalized spacial score (nSPS) is 9.47. The van der Waals surface area contributed by atoms with Gasteiger partial charge in [0.05, 0.1) is 6.26 Å². The van der Waals surface area contributed by atoms with Crippen LogP contribution in [0.25, 0.3) is 17.0 Å². The molecule has 1 aromatic carbocycles. The van der Waals surface area contributed by atoms with E-state index in [1.165, 1.54) is 12.3 Å². The zero-order chi connectivity index (χ0) is 11.4. The van der Waals surface area contributed by atoms with E-state index in [9.17, 15) is 10.2 Å². The number of phenolic OH excluding ortho intramolecular Hbond substituents is 2. The van der Waals surface area contributed by atoms with Gasteiger partial charge < -0.3 is 19.7 Å². The summed E-state index contributed by atoms with van der Waals surface area (Å²) >= 11 is 0. The van der Waals surface area contributed by atoms with Crippen LogP contribution in [0.2, 0.25) is 0 Å². The summed E-state index contributed by atoms with van der Waals surface area (Å²) in [5.41, 5.74) is 0.787. The first-order chi connectivity index (χ1) is 7.24. The number of hydrogen-bond acceptors (Lipinski definition) is 4. The molecule has 0 aliphatic heterocycles. The molecule has 15 heavy (non-hydrogen) atoms. The predicted octanol–water partition coefficient (Wildman–Crippen LogP) is 2.10. The molecule has 4 heteroatoms. The molecule has 80 valence electrons. The van der Waals surface area contributed by atoms with Crippen molar-refractivity contribution >= 4 is 17.0 Å². The lowest BCUT2D eigenvalue weighted by Gasteiger charge is -2.01. The van der Waals surface area contributed by atoms with Crippen LogP contribution in [0.4, 0.5) is 0 Å². The highest BCUT2D eigenvalue weighted by molar-refractivity contribution is 5.89. The van der Waals surface area contributed by atoms with Gasteiger partial charge in [-0.3, -0.25) is 0 Å². The molecular weight excluding hydrogens is 196 g/mol. The van der Waals surface area contributed by atoms with Crippen LogP contribution < -0.4 is 0 Å². The summed E-state index contributed by atoms with van der Waals surface area (Å²) in [6.07, 6.45) is 2.93. The van der Waals surface area contributed by atoms with E-state index in [0.717, 1.165) is 12.5 Å². The largest absolute Gasteiger partial charge is 0.504 e. The molecule has 3 N–H and O–H groups in total. The Morgan fingerprint density at radius 3 is 2.53 bits per heavy atom. The van der Waals surface area contributed by atoms with Crippen LogP contribution in [-0.4, -0.2) is 22.4 Å². The van der Waals surface area contributed by atoms with Gasteiger partial charge in [0, 0.05) is 18.1 Å². The minimum absolute atomic E-state index is 0.197. The summed E-state index contributed by atoms with van der Waals surface area (Å²) in [5.74, 6) is -0.435. The Kier molecular flexibility index (Phi) is 3.36. The quantitative estimate of drug-likeness (QED) is 0.627. The fourth-order valence-electron chi connectivity index (χ4n) is 1.26. The van der Waals surface area contributed by atoms with Gasteiger partial charge in [0.15, 0.2) is 11.3 Å². The lowest BCUT2D eigenvalue weighted by atomic mass is 10.1. The third-order valence-corrected chi connectivity index (χ3v) is 1.94. The highest BCUT2D eigenvalue weighted by Gasteiger charge is 2.11. The third-order valence-electron chi connectivity index (χ3n) is 1.94. The van der Waals surface area contributed by atoms with Gasteiger partial charge in [-0.25, -0.2) is 0 Å². The van der Waals surface area contributed by atoms with Crippen molar-refractivity contribution in [2.75, 3.05) is 7.11 Å². The van der Waals surface area contributed by atoms with Gasteiger partial charge in [-0.05, 0) is 12.1 Å². The van der Waals surface area contributed by atoms with E-state index in [0.29, 0.717) is 11.1 Å². The van der Waals surface area contributed by atoms with E-state index < -0.39 is 0 Å². The minimum atomic E-state index is -0.239. The van der Waals surface area contributed by atoms with Gasteiger partial charge in [-0.15, -0.1) is 0 Å². The van der Waals surface area contributed by atoms with Gasteiger partial charge >= 0.3 is 0 Å². The number of furan rings is 1. The highest BCUT2D eigenvalue weighted by atomic mass is 16.4. The molecule has 2 aromatic rings. The van der Waals surface area contributed by atoms with E-state index in [1.54, 1.807) is 12.1 Å². The SMILES string of the molecule is C=Cc1cc2ccoc2c(O)c1O.CO. The molecule has 4 nitrogen and oxygen atoms in total. The van der Waals surface area contributed by atoms with E-state index in [1.807, 2.05) is 0 Å². The number of fused-ring (bicyclic) bond motifs is 1. The first-order valence-electron chi connectivity index (χ1n) is 4.23. The zero-order valence-electron chi connectivity index (χ0n) is 8.27. The first kappa shape index (κ1) is 11.1. The Hall–Kier alpha value is -1.94. The number of hydrogen-bond donors (Lipinski definition) is 3. The number of rotatable bonds is 1. The summed E-state index contributed by atoms with van der Waals surface area (Å²) in [4.78, 5) is 0. The summed E-state index contributed by atoms with van der Waals surface area (Å²) in [7, 11) is 1.00. The van der Waals surface area contributed by atoms with Gasteiger partial charge in [-0.1, -0.05) is 12.7 Å².